The molecular formula is C16H13ClN4O3. The van der Waals surface area contributed by atoms with E-state index in [4.69, 9.17) is 16.3 Å². The predicted octanol–water partition coefficient (Wildman–Crippen LogP) is 3.02. The standard InChI is InChI=1S/C16H13ClN4O3/c1-8(22)19-14-5-9(3-4-18-14)11-7-12-15(21-11)10(16(23)24-2)6-13(17)20-12/h3-7,21H,1-2H3,(H,18,19,22). The molecule has 3 rings (SSSR count). The fourth-order valence-electron chi connectivity index (χ4n) is 2.35. The van der Waals surface area contributed by atoms with Crippen LogP contribution in [0.4, 0.5) is 5.82 Å². The lowest BCUT2D eigenvalue weighted by Crippen LogP contribution is -2.07. The van der Waals surface area contributed by atoms with Crippen LogP contribution in [-0.4, -0.2) is 33.9 Å². The molecule has 3 aromatic rings. The SMILES string of the molecule is COC(=O)c1cc(Cl)nc2cc(-c3ccnc(NC(C)=O)c3)[nH]c12. The number of carbonyl (C=O) groups is 2. The van der Waals surface area contributed by atoms with Crippen LogP contribution < -0.4 is 5.32 Å². The maximum Gasteiger partial charge on any atom is 0.340 e. The Morgan fingerprint density at radius 2 is 2.08 bits per heavy atom. The highest BCUT2D eigenvalue weighted by molar-refractivity contribution is 6.30. The third-order valence-corrected chi connectivity index (χ3v) is 3.53. The average Bonchev–Trinajstić information content (AvgIpc) is 2.96. The largest absolute Gasteiger partial charge is 0.465 e. The topological polar surface area (TPSA) is 97.0 Å². The molecule has 0 spiro atoms. The second-order valence-corrected chi connectivity index (χ2v) is 5.43. The van der Waals surface area contributed by atoms with Crippen molar-refractivity contribution in [2.24, 2.45) is 0 Å². The smallest absolute Gasteiger partial charge is 0.340 e. The van der Waals surface area contributed by atoms with E-state index in [1.165, 1.54) is 20.1 Å². The molecule has 0 atom stereocenters. The van der Waals surface area contributed by atoms with Crippen LogP contribution in [0.1, 0.15) is 17.3 Å². The van der Waals surface area contributed by atoms with Gasteiger partial charge in [-0.1, -0.05) is 11.6 Å². The number of halogens is 1. The summed E-state index contributed by atoms with van der Waals surface area (Å²) < 4.78 is 4.77. The number of aromatic amines is 1. The number of methoxy groups -OCH3 is 1. The molecule has 0 aromatic carbocycles. The van der Waals surface area contributed by atoms with Crippen LogP contribution in [-0.2, 0) is 9.53 Å². The Balaban J connectivity index is 2.11. The van der Waals surface area contributed by atoms with Gasteiger partial charge in [0.1, 0.15) is 11.0 Å². The molecule has 122 valence electrons. The van der Waals surface area contributed by atoms with E-state index in [2.05, 4.69) is 20.3 Å². The maximum absolute atomic E-state index is 11.9. The quantitative estimate of drug-likeness (QED) is 0.562. The van der Waals surface area contributed by atoms with Gasteiger partial charge in [-0.25, -0.2) is 14.8 Å². The molecule has 0 saturated heterocycles. The van der Waals surface area contributed by atoms with Crippen LogP contribution in [0.2, 0.25) is 5.15 Å². The first-order valence-electron chi connectivity index (χ1n) is 6.99. The summed E-state index contributed by atoms with van der Waals surface area (Å²) in [6.07, 6.45) is 1.58. The van der Waals surface area contributed by atoms with Gasteiger partial charge in [-0.3, -0.25) is 4.79 Å². The highest BCUT2D eigenvalue weighted by Crippen LogP contribution is 2.28. The molecule has 2 N–H and O–H groups in total. The summed E-state index contributed by atoms with van der Waals surface area (Å²) in [6, 6.07) is 6.70. The zero-order valence-corrected chi connectivity index (χ0v) is 13.6. The van der Waals surface area contributed by atoms with Crippen molar-refractivity contribution in [1.82, 2.24) is 15.0 Å². The molecule has 3 aromatic heterocycles. The first-order chi connectivity index (χ1) is 11.5. The molecule has 1 amide bonds. The number of anilines is 1. The first kappa shape index (κ1) is 15.9. The number of rotatable bonds is 3. The third kappa shape index (κ3) is 3.07. The van der Waals surface area contributed by atoms with Crippen LogP contribution in [0.5, 0.6) is 0 Å². The van der Waals surface area contributed by atoms with Crippen LogP contribution in [0.15, 0.2) is 30.5 Å². The first-order valence-corrected chi connectivity index (χ1v) is 7.37. The lowest BCUT2D eigenvalue weighted by Gasteiger charge is -2.03. The summed E-state index contributed by atoms with van der Waals surface area (Å²) >= 11 is 5.97. The zero-order valence-electron chi connectivity index (χ0n) is 12.9. The fraction of sp³-hybridized carbons (Fsp3) is 0.125. The summed E-state index contributed by atoms with van der Waals surface area (Å²) in [5.74, 6) is -0.290. The molecule has 0 saturated carbocycles. The third-order valence-electron chi connectivity index (χ3n) is 3.34. The molecule has 0 fully saturated rings. The number of carbonyl (C=O) groups excluding carboxylic acids is 2. The van der Waals surface area contributed by atoms with E-state index >= 15 is 0 Å². The number of hydrogen-bond acceptors (Lipinski definition) is 5. The Morgan fingerprint density at radius 1 is 1.29 bits per heavy atom. The van der Waals surface area contributed by atoms with Gasteiger partial charge < -0.3 is 15.0 Å². The van der Waals surface area contributed by atoms with Crippen molar-refractivity contribution in [3.63, 3.8) is 0 Å². The maximum atomic E-state index is 11.9. The van der Waals surface area contributed by atoms with E-state index in [9.17, 15) is 9.59 Å². The second-order valence-electron chi connectivity index (χ2n) is 5.04. The molecule has 7 nitrogen and oxygen atoms in total. The molecule has 0 radical (unpaired) electrons. The molecule has 24 heavy (non-hydrogen) atoms. The van der Waals surface area contributed by atoms with Crippen LogP contribution in [0.3, 0.4) is 0 Å². The van der Waals surface area contributed by atoms with Crippen LogP contribution >= 0.6 is 11.6 Å². The summed E-state index contributed by atoms with van der Waals surface area (Å²) in [7, 11) is 1.30. The number of ether oxygens (including phenoxy) is 1. The number of pyridine rings is 2. The monoisotopic (exact) mass is 344 g/mol. The Labute approximate surface area is 142 Å². The summed E-state index contributed by atoms with van der Waals surface area (Å²) in [6.45, 7) is 1.41. The van der Waals surface area contributed by atoms with Gasteiger partial charge in [0.15, 0.2) is 0 Å². The van der Waals surface area contributed by atoms with Crippen molar-refractivity contribution in [2.75, 3.05) is 12.4 Å². The zero-order chi connectivity index (χ0) is 17.3. The normalized spacial score (nSPS) is 10.6. The number of amides is 1. The Bertz CT molecular complexity index is 952. The Hall–Kier alpha value is -2.93. The lowest BCUT2D eigenvalue weighted by molar-refractivity contribution is -0.114. The highest BCUT2D eigenvalue weighted by atomic mass is 35.5. The number of H-pyrrole nitrogens is 1. The fourth-order valence-corrected chi connectivity index (χ4v) is 2.55. The Kier molecular flexibility index (Phi) is 4.18. The van der Waals surface area contributed by atoms with E-state index in [1.54, 1.807) is 24.4 Å². The van der Waals surface area contributed by atoms with Crippen molar-refractivity contribution in [2.45, 2.75) is 6.92 Å². The number of aromatic nitrogens is 3. The van der Waals surface area contributed by atoms with Crippen molar-refractivity contribution in [3.8, 4) is 11.3 Å². The summed E-state index contributed by atoms with van der Waals surface area (Å²) in [5.41, 5.74) is 2.85. The second kappa shape index (κ2) is 6.29. The van der Waals surface area contributed by atoms with Gasteiger partial charge in [0.25, 0.3) is 0 Å². The molecular weight excluding hydrogens is 332 g/mol. The number of fused-ring (bicyclic) bond motifs is 1. The van der Waals surface area contributed by atoms with Gasteiger partial charge in [0.2, 0.25) is 5.91 Å². The van der Waals surface area contributed by atoms with E-state index in [1.807, 2.05) is 0 Å². The van der Waals surface area contributed by atoms with E-state index in [-0.39, 0.29) is 11.1 Å². The molecule has 0 unspecified atom stereocenters. The minimum absolute atomic E-state index is 0.196. The highest BCUT2D eigenvalue weighted by Gasteiger charge is 2.16. The van der Waals surface area contributed by atoms with Gasteiger partial charge >= 0.3 is 5.97 Å². The van der Waals surface area contributed by atoms with E-state index < -0.39 is 5.97 Å². The molecule has 3 heterocycles. The minimum atomic E-state index is -0.508. The summed E-state index contributed by atoms with van der Waals surface area (Å²) in [4.78, 5) is 34.5. The summed E-state index contributed by atoms with van der Waals surface area (Å²) in [5, 5.41) is 2.82. The van der Waals surface area contributed by atoms with Gasteiger partial charge in [-0.2, -0.15) is 0 Å². The Morgan fingerprint density at radius 3 is 2.79 bits per heavy atom. The molecule has 0 aliphatic carbocycles. The van der Waals surface area contributed by atoms with Gasteiger partial charge in [-0.05, 0) is 24.3 Å². The van der Waals surface area contributed by atoms with Crippen molar-refractivity contribution in [1.29, 1.82) is 0 Å². The number of hydrogen-bond donors (Lipinski definition) is 2. The number of esters is 1. The average molecular weight is 345 g/mol. The molecule has 0 bridgehead atoms. The van der Waals surface area contributed by atoms with Crippen LogP contribution in [0.25, 0.3) is 22.3 Å². The van der Waals surface area contributed by atoms with Gasteiger partial charge in [-0.15, -0.1) is 0 Å². The minimum Gasteiger partial charge on any atom is -0.465 e. The number of nitrogens with one attached hydrogen (secondary N) is 2. The van der Waals surface area contributed by atoms with Crippen molar-refractivity contribution in [3.05, 3.63) is 41.2 Å². The van der Waals surface area contributed by atoms with E-state index in [0.29, 0.717) is 28.1 Å². The molecule has 8 heteroatoms. The number of nitrogens with zero attached hydrogens (tertiary/aromatic N) is 2. The lowest BCUT2D eigenvalue weighted by atomic mass is 10.2. The van der Waals surface area contributed by atoms with Gasteiger partial charge in [0.05, 0.1) is 23.7 Å². The van der Waals surface area contributed by atoms with Crippen LogP contribution in [0, 0.1) is 0 Å². The molecule has 0 aliphatic heterocycles. The predicted molar refractivity (Wildman–Crippen MR) is 90.0 cm³/mol. The van der Waals surface area contributed by atoms with E-state index in [0.717, 1.165) is 5.56 Å². The van der Waals surface area contributed by atoms with Gasteiger partial charge in [0, 0.05) is 24.4 Å². The van der Waals surface area contributed by atoms with Crippen molar-refractivity contribution < 1.29 is 14.3 Å². The molecule has 0 aliphatic rings. The van der Waals surface area contributed by atoms with Crippen molar-refractivity contribution >= 4 is 40.3 Å².